The number of fused-ring (bicyclic) bond motifs is 2. The van der Waals surface area contributed by atoms with Crippen LogP contribution in [0.5, 0.6) is 0 Å². The topological polar surface area (TPSA) is 58.6 Å². The highest BCUT2D eigenvalue weighted by Crippen LogP contribution is 2.48. The highest BCUT2D eigenvalue weighted by molar-refractivity contribution is 5.82. The minimum Gasteiger partial charge on any atom is -0.466 e. The summed E-state index contributed by atoms with van der Waals surface area (Å²) in [5.41, 5.74) is 2.41. The molecule has 0 saturated heterocycles. The summed E-state index contributed by atoms with van der Waals surface area (Å²) in [5, 5.41) is 3.71. The van der Waals surface area contributed by atoms with Crippen LogP contribution in [0.25, 0.3) is 0 Å². The SMILES string of the molecule is CCOC(=O)CCC(=O)N(CC1CC1)C1c2ccccc2NC2CCCC21. The number of rotatable bonds is 7. The van der Waals surface area contributed by atoms with Crippen molar-refractivity contribution in [3.8, 4) is 0 Å². The highest BCUT2D eigenvalue weighted by atomic mass is 16.5. The summed E-state index contributed by atoms with van der Waals surface area (Å²) in [6.45, 7) is 2.99. The summed E-state index contributed by atoms with van der Waals surface area (Å²) in [5.74, 6) is 0.910. The molecule has 0 bridgehead atoms. The van der Waals surface area contributed by atoms with Gasteiger partial charge in [0.1, 0.15) is 0 Å². The van der Waals surface area contributed by atoms with Gasteiger partial charge in [0.05, 0.1) is 19.1 Å². The normalized spacial score (nSPS) is 25.9. The lowest BCUT2D eigenvalue weighted by Crippen LogP contribution is -2.46. The van der Waals surface area contributed by atoms with E-state index in [4.69, 9.17) is 4.74 Å². The zero-order chi connectivity index (χ0) is 18.8. The Morgan fingerprint density at radius 2 is 1.96 bits per heavy atom. The minimum atomic E-state index is -0.276. The maximum Gasteiger partial charge on any atom is 0.306 e. The predicted octanol–water partition coefficient (Wildman–Crippen LogP) is 3.90. The number of ether oxygens (including phenoxy) is 1. The van der Waals surface area contributed by atoms with E-state index < -0.39 is 0 Å². The molecule has 5 nitrogen and oxygen atoms in total. The number of amides is 1. The van der Waals surface area contributed by atoms with E-state index in [9.17, 15) is 9.59 Å². The molecule has 1 N–H and O–H groups in total. The first-order valence-corrected chi connectivity index (χ1v) is 10.5. The first kappa shape index (κ1) is 18.3. The molecular weight excluding hydrogens is 340 g/mol. The van der Waals surface area contributed by atoms with Gasteiger partial charge in [0.25, 0.3) is 0 Å². The zero-order valence-electron chi connectivity index (χ0n) is 16.2. The number of esters is 1. The number of benzene rings is 1. The Labute approximate surface area is 161 Å². The van der Waals surface area contributed by atoms with Crippen LogP contribution in [0.15, 0.2) is 24.3 Å². The van der Waals surface area contributed by atoms with E-state index in [1.54, 1.807) is 6.92 Å². The van der Waals surface area contributed by atoms with Gasteiger partial charge in [-0.2, -0.15) is 0 Å². The average molecular weight is 370 g/mol. The van der Waals surface area contributed by atoms with Crippen LogP contribution in [0.4, 0.5) is 5.69 Å². The van der Waals surface area contributed by atoms with Gasteiger partial charge in [-0.25, -0.2) is 0 Å². The van der Waals surface area contributed by atoms with Gasteiger partial charge in [0, 0.05) is 30.6 Å². The van der Waals surface area contributed by atoms with Crippen molar-refractivity contribution in [3.05, 3.63) is 29.8 Å². The van der Waals surface area contributed by atoms with Crippen LogP contribution in [-0.2, 0) is 14.3 Å². The van der Waals surface area contributed by atoms with Crippen molar-refractivity contribution in [1.82, 2.24) is 4.90 Å². The highest BCUT2D eigenvalue weighted by Gasteiger charge is 2.44. The fourth-order valence-electron chi connectivity index (χ4n) is 4.80. The number of carbonyl (C=O) groups is 2. The molecule has 4 rings (SSSR count). The van der Waals surface area contributed by atoms with E-state index >= 15 is 0 Å². The van der Waals surface area contributed by atoms with Crippen LogP contribution >= 0.6 is 0 Å². The van der Waals surface area contributed by atoms with Crippen LogP contribution in [0, 0.1) is 11.8 Å². The number of nitrogens with one attached hydrogen (secondary N) is 1. The van der Waals surface area contributed by atoms with E-state index in [0.717, 1.165) is 13.0 Å². The monoisotopic (exact) mass is 370 g/mol. The van der Waals surface area contributed by atoms with Crippen molar-refractivity contribution in [1.29, 1.82) is 0 Å². The number of para-hydroxylation sites is 1. The molecule has 3 atom stereocenters. The molecule has 2 fully saturated rings. The average Bonchev–Trinajstić information content (AvgIpc) is 3.37. The molecule has 1 aliphatic heterocycles. The van der Waals surface area contributed by atoms with Crippen molar-refractivity contribution in [2.24, 2.45) is 11.8 Å². The molecule has 3 unspecified atom stereocenters. The first-order valence-electron chi connectivity index (χ1n) is 10.5. The van der Waals surface area contributed by atoms with Crippen LogP contribution in [0.3, 0.4) is 0 Å². The van der Waals surface area contributed by atoms with E-state index in [1.165, 1.54) is 36.9 Å². The van der Waals surface area contributed by atoms with Gasteiger partial charge in [0.15, 0.2) is 0 Å². The Morgan fingerprint density at radius 3 is 2.74 bits per heavy atom. The number of carbonyl (C=O) groups excluding carboxylic acids is 2. The molecule has 1 heterocycles. The lowest BCUT2D eigenvalue weighted by molar-refractivity contribution is -0.146. The molecule has 1 aromatic rings. The Hall–Kier alpha value is -2.04. The maximum absolute atomic E-state index is 13.2. The van der Waals surface area contributed by atoms with E-state index in [0.29, 0.717) is 24.5 Å². The molecule has 146 valence electrons. The third kappa shape index (κ3) is 3.97. The van der Waals surface area contributed by atoms with Crippen LogP contribution in [-0.4, -0.2) is 36.0 Å². The van der Waals surface area contributed by atoms with E-state index in [1.807, 2.05) is 0 Å². The van der Waals surface area contributed by atoms with Crippen molar-refractivity contribution < 1.29 is 14.3 Å². The molecule has 0 aromatic heterocycles. The summed E-state index contributed by atoms with van der Waals surface area (Å²) in [7, 11) is 0. The van der Waals surface area contributed by atoms with Gasteiger partial charge >= 0.3 is 5.97 Å². The summed E-state index contributed by atoms with van der Waals surface area (Å²) in [6, 6.07) is 9.01. The first-order chi connectivity index (χ1) is 13.2. The van der Waals surface area contributed by atoms with Crippen LogP contribution < -0.4 is 5.32 Å². The molecule has 0 radical (unpaired) electrons. The summed E-state index contributed by atoms with van der Waals surface area (Å²) >= 11 is 0. The number of hydrogen-bond acceptors (Lipinski definition) is 4. The number of nitrogens with zero attached hydrogens (tertiary/aromatic N) is 1. The quantitative estimate of drug-likeness (QED) is 0.740. The third-order valence-corrected chi connectivity index (χ3v) is 6.25. The van der Waals surface area contributed by atoms with Gasteiger partial charge in [-0.05, 0) is 50.2 Å². The molecule has 3 aliphatic rings. The largest absolute Gasteiger partial charge is 0.466 e. The van der Waals surface area contributed by atoms with Gasteiger partial charge in [-0.1, -0.05) is 24.6 Å². The lowest BCUT2D eigenvalue weighted by atomic mass is 9.82. The molecular formula is C22H30N2O3. The third-order valence-electron chi connectivity index (χ3n) is 6.25. The molecule has 27 heavy (non-hydrogen) atoms. The second-order valence-electron chi connectivity index (χ2n) is 8.17. The van der Waals surface area contributed by atoms with Crippen LogP contribution in [0.1, 0.15) is 63.5 Å². The Bertz CT molecular complexity index is 701. The van der Waals surface area contributed by atoms with Crippen molar-refractivity contribution in [2.45, 2.75) is 64.0 Å². The summed E-state index contributed by atoms with van der Waals surface area (Å²) in [4.78, 5) is 27.1. The van der Waals surface area contributed by atoms with E-state index in [-0.39, 0.29) is 30.8 Å². The minimum absolute atomic E-state index is 0.0994. The van der Waals surface area contributed by atoms with Gasteiger partial charge in [0.2, 0.25) is 5.91 Å². The Balaban J connectivity index is 1.58. The maximum atomic E-state index is 13.2. The van der Waals surface area contributed by atoms with Crippen LogP contribution in [0.2, 0.25) is 0 Å². The smallest absolute Gasteiger partial charge is 0.306 e. The predicted molar refractivity (Wildman–Crippen MR) is 104 cm³/mol. The van der Waals surface area contributed by atoms with Crippen molar-refractivity contribution >= 4 is 17.6 Å². The molecule has 2 aliphatic carbocycles. The van der Waals surface area contributed by atoms with Gasteiger partial charge in [-0.15, -0.1) is 0 Å². The number of hydrogen-bond donors (Lipinski definition) is 1. The Morgan fingerprint density at radius 1 is 1.15 bits per heavy atom. The summed E-state index contributed by atoms with van der Waals surface area (Å²) in [6.07, 6.45) is 6.38. The van der Waals surface area contributed by atoms with Gasteiger partial charge < -0.3 is 15.0 Å². The van der Waals surface area contributed by atoms with Gasteiger partial charge in [-0.3, -0.25) is 9.59 Å². The van der Waals surface area contributed by atoms with E-state index in [2.05, 4.69) is 34.5 Å². The van der Waals surface area contributed by atoms with Crippen molar-refractivity contribution in [3.63, 3.8) is 0 Å². The number of anilines is 1. The molecule has 1 amide bonds. The second kappa shape index (κ2) is 7.91. The lowest BCUT2D eigenvalue weighted by Gasteiger charge is -2.43. The second-order valence-corrected chi connectivity index (χ2v) is 8.17. The molecule has 5 heteroatoms. The Kier molecular flexibility index (Phi) is 5.37. The fourth-order valence-corrected chi connectivity index (χ4v) is 4.80. The molecule has 1 aromatic carbocycles. The fraction of sp³-hybridized carbons (Fsp3) is 0.636. The zero-order valence-corrected chi connectivity index (χ0v) is 16.2. The molecule has 2 saturated carbocycles. The summed E-state index contributed by atoms with van der Waals surface area (Å²) < 4.78 is 5.02. The van der Waals surface area contributed by atoms with Crippen molar-refractivity contribution in [2.75, 3.05) is 18.5 Å². The standard InChI is InChI=1S/C22H30N2O3/c1-2-27-21(26)13-12-20(25)24(14-15-10-11-15)22-16-6-3-4-8-18(16)23-19-9-5-7-17(19)22/h3-4,6,8,15,17,19,22-23H,2,5,7,9-14H2,1H3. The molecule has 0 spiro atoms.